The fourth-order valence-electron chi connectivity index (χ4n) is 4.98. The molecule has 0 N–H and O–H groups in total. The van der Waals surface area contributed by atoms with Crippen molar-refractivity contribution in [2.24, 2.45) is 0 Å². The van der Waals surface area contributed by atoms with E-state index in [1.54, 1.807) is 7.11 Å². The topological polar surface area (TPSA) is 30.3 Å². The standard InChI is InChI=1S/C33H35N3O/c1-3-4-21-36-30(22-34-33(36)28-12-6-5-7-13-28)25-35(23-26-17-19-31(37-2)20-18-26)24-29-15-10-14-27-11-8-9-16-32(27)29/h5-20,22H,3-4,21,23-25H2,1-2H3. The molecule has 0 atom stereocenters. The number of ether oxygens (including phenoxy) is 1. The number of imidazole rings is 1. The summed E-state index contributed by atoms with van der Waals surface area (Å²) in [6.07, 6.45) is 4.35. The highest BCUT2D eigenvalue weighted by atomic mass is 16.5. The van der Waals surface area contributed by atoms with Crippen LogP contribution in [0.1, 0.15) is 36.6 Å². The molecule has 4 nitrogen and oxygen atoms in total. The van der Waals surface area contributed by atoms with Gasteiger partial charge in [-0.05, 0) is 40.5 Å². The first-order valence-corrected chi connectivity index (χ1v) is 13.2. The van der Waals surface area contributed by atoms with Gasteiger partial charge in [0.2, 0.25) is 0 Å². The van der Waals surface area contributed by atoms with Gasteiger partial charge in [0.1, 0.15) is 11.6 Å². The molecule has 0 radical (unpaired) electrons. The Bertz CT molecular complexity index is 1420. The number of hydrogen-bond acceptors (Lipinski definition) is 3. The Balaban J connectivity index is 1.49. The molecular weight excluding hydrogens is 454 g/mol. The van der Waals surface area contributed by atoms with Crippen LogP contribution in [0.3, 0.4) is 0 Å². The molecule has 0 aliphatic carbocycles. The SMILES string of the molecule is CCCCn1c(CN(Cc2ccc(OC)cc2)Cc2cccc3ccccc23)cnc1-c1ccccc1. The van der Waals surface area contributed by atoms with Crippen LogP contribution in [-0.2, 0) is 26.2 Å². The third kappa shape index (κ3) is 5.92. The van der Waals surface area contributed by atoms with Crippen LogP contribution in [-0.4, -0.2) is 21.6 Å². The highest BCUT2D eigenvalue weighted by Crippen LogP contribution is 2.25. The third-order valence-electron chi connectivity index (χ3n) is 6.93. The van der Waals surface area contributed by atoms with Gasteiger partial charge in [-0.15, -0.1) is 0 Å². The third-order valence-corrected chi connectivity index (χ3v) is 6.93. The van der Waals surface area contributed by atoms with E-state index in [9.17, 15) is 0 Å². The van der Waals surface area contributed by atoms with Crippen LogP contribution in [0.2, 0.25) is 0 Å². The Morgan fingerprint density at radius 2 is 1.54 bits per heavy atom. The molecule has 0 aliphatic rings. The molecule has 0 amide bonds. The van der Waals surface area contributed by atoms with Crippen molar-refractivity contribution in [2.45, 2.75) is 45.9 Å². The number of fused-ring (bicyclic) bond motifs is 1. The lowest BCUT2D eigenvalue weighted by atomic mass is 10.0. The molecule has 0 fully saturated rings. The van der Waals surface area contributed by atoms with Crippen molar-refractivity contribution in [1.82, 2.24) is 14.5 Å². The first-order valence-electron chi connectivity index (χ1n) is 13.2. The van der Waals surface area contributed by atoms with Crippen LogP contribution in [0, 0.1) is 0 Å². The van der Waals surface area contributed by atoms with E-state index in [4.69, 9.17) is 9.72 Å². The monoisotopic (exact) mass is 489 g/mol. The predicted molar refractivity (Wildman–Crippen MR) is 152 cm³/mol. The lowest BCUT2D eigenvalue weighted by molar-refractivity contribution is 0.241. The zero-order chi connectivity index (χ0) is 25.5. The predicted octanol–water partition coefficient (Wildman–Crippen LogP) is 7.71. The van der Waals surface area contributed by atoms with Crippen LogP contribution < -0.4 is 4.74 Å². The summed E-state index contributed by atoms with van der Waals surface area (Å²) in [6, 6.07) is 34.2. The Morgan fingerprint density at radius 3 is 2.32 bits per heavy atom. The molecule has 188 valence electrons. The van der Waals surface area contributed by atoms with Gasteiger partial charge in [-0.2, -0.15) is 0 Å². The summed E-state index contributed by atoms with van der Waals surface area (Å²) in [5.74, 6) is 1.94. The van der Waals surface area contributed by atoms with Gasteiger partial charge in [-0.1, -0.05) is 98.3 Å². The van der Waals surface area contributed by atoms with E-state index in [1.807, 2.05) is 12.1 Å². The molecule has 1 heterocycles. The summed E-state index contributed by atoms with van der Waals surface area (Å²) >= 11 is 0. The number of rotatable bonds is 11. The average Bonchev–Trinajstić information content (AvgIpc) is 3.35. The molecular formula is C33H35N3O. The van der Waals surface area contributed by atoms with Crippen molar-refractivity contribution in [3.8, 4) is 17.1 Å². The number of benzene rings is 4. The lowest BCUT2D eigenvalue weighted by Crippen LogP contribution is -2.24. The molecule has 5 aromatic rings. The zero-order valence-electron chi connectivity index (χ0n) is 21.8. The summed E-state index contributed by atoms with van der Waals surface area (Å²) in [4.78, 5) is 7.42. The summed E-state index contributed by atoms with van der Waals surface area (Å²) in [5, 5.41) is 2.60. The van der Waals surface area contributed by atoms with E-state index >= 15 is 0 Å². The molecule has 0 aliphatic heterocycles. The smallest absolute Gasteiger partial charge is 0.140 e. The molecule has 0 bridgehead atoms. The molecule has 0 saturated carbocycles. The van der Waals surface area contributed by atoms with E-state index in [0.717, 1.165) is 50.6 Å². The van der Waals surface area contributed by atoms with Crippen molar-refractivity contribution >= 4 is 10.8 Å². The minimum absolute atomic E-state index is 0.818. The molecule has 0 unspecified atom stereocenters. The number of unbranched alkanes of at least 4 members (excludes halogenated alkanes) is 1. The van der Waals surface area contributed by atoms with Gasteiger partial charge in [-0.25, -0.2) is 4.98 Å². The van der Waals surface area contributed by atoms with Gasteiger partial charge in [0, 0.05) is 31.7 Å². The van der Waals surface area contributed by atoms with E-state index in [-0.39, 0.29) is 0 Å². The van der Waals surface area contributed by atoms with Gasteiger partial charge in [-0.3, -0.25) is 4.90 Å². The molecule has 1 aromatic heterocycles. The summed E-state index contributed by atoms with van der Waals surface area (Å²) in [7, 11) is 1.71. The van der Waals surface area contributed by atoms with Crippen LogP contribution in [0.15, 0.2) is 103 Å². The largest absolute Gasteiger partial charge is 0.497 e. The first kappa shape index (κ1) is 24.8. The van der Waals surface area contributed by atoms with Crippen LogP contribution >= 0.6 is 0 Å². The normalized spacial score (nSPS) is 11.3. The lowest BCUT2D eigenvalue weighted by Gasteiger charge is -2.24. The van der Waals surface area contributed by atoms with Gasteiger partial charge < -0.3 is 9.30 Å². The van der Waals surface area contributed by atoms with Crippen LogP contribution in [0.4, 0.5) is 0 Å². The summed E-state index contributed by atoms with van der Waals surface area (Å²) in [6.45, 7) is 5.73. The molecule has 37 heavy (non-hydrogen) atoms. The van der Waals surface area contributed by atoms with Crippen molar-refractivity contribution in [1.29, 1.82) is 0 Å². The second kappa shape index (κ2) is 11.9. The van der Waals surface area contributed by atoms with Crippen molar-refractivity contribution in [2.75, 3.05) is 7.11 Å². The van der Waals surface area contributed by atoms with E-state index < -0.39 is 0 Å². The van der Waals surface area contributed by atoms with Crippen molar-refractivity contribution in [3.63, 3.8) is 0 Å². The maximum absolute atomic E-state index is 5.39. The number of methoxy groups -OCH3 is 1. The van der Waals surface area contributed by atoms with Crippen molar-refractivity contribution < 1.29 is 4.74 Å². The Labute approximate surface area is 220 Å². The molecule has 4 aromatic carbocycles. The maximum Gasteiger partial charge on any atom is 0.140 e. The van der Waals surface area contributed by atoms with Crippen LogP contribution in [0.25, 0.3) is 22.2 Å². The first-order chi connectivity index (χ1) is 18.2. The second-order valence-electron chi connectivity index (χ2n) is 9.58. The maximum atomic E-state index is 5.39. The van der Waals surface area contributed by atoms with E-state index in [0.29, 0.717) is 0 Å². The molecule has 0 spiro atoms. The van der Waals surface area contributed by atoms with Gasteiger partial charge >= 0.3 is 0 Å². The van der Waals surface area contributed by atoms with Crippen LogP contribution in [0.5, 0.6) is 5.75 Å². The Hall–Kier alpha value is -3.89. The number of nitrogens with zero attached hydrogens (tertiary/aromatic N) is 3. The average molecular weight is 490 g/mol. The summed E-state index contributed by atoms with van der Waals surface area (Å²) < 4.78 is 7.81. The number of hydrogen-bond donors (Lipinski definition) is 0. The Morgan fingerprint density at radius 1 is 0.784 bits per heavy atom. The minimum atomic E-state index is 0.818. The van der Waals surface area contributed by atoms with Gasteiger partial charge in [0.15, 0.2) is 0 Å². The second-order valence-corrected chi connectivity index (χ2v) is 9.58. The molecule has 5 rings (SSSR count). The van der Waals surface area contributed by atoms with E-state index in [2.05, 4.69) is 108 Å². The van der Waals surface area contributed by atoms with Crippen molar-refractivity contribution in [3.05, 3.63) is 120 Å². The van der Waals surface area contributed by atoms with Gasteiger partial charge in [0.05, 0.1) is 19.0 Å². The fraction of sp³-hybridized carbons (Fsp3) is 0.242. The highest BCUT2D eigenvalue weighted by Gasteiger charge is 2.17. The minimum Gasteiger partial charge on any atom is -0.497 e. The van der Waals surface area contributed by atoms with Gasteiger partial charge in [0.25, 0.3) is 0 Å². The zero-order valence-corrected chi connectivity index (χ0v) is 21.8. The summed E-state index contributed by atoms with van der Waals surface area (Å²) in [5.41, 5.74) is 5.03. The molecule has 0 saturated heterocycles. The molecule has 4 heteroatoms. The quantitative estimate of drug-likeness (QED) is 0.190. The number of aromatic nitrogens is 2. The van der Waals surface area contributed by atoms with E-state index in [1.165, 1.54) is 33.2 Å². The highest BCUT2D eigenvalue weighted by molar-refractivity contribution is 5.85. The fourth-order valence-corrected chi connectivity index (χ4v) is 4.98. The Kier molecular flexibility index (Phi) is 7.97.